The van der Waals surface area contributed by atoms with E-state index in [-0.39, 0.29) is 10.6 Å². The molecule has 0 saturated carbocycles. The number of rotatable bonds is 4. The van der Waals surface area contributed by atoms with Crippen LogP contribution in [0.5, 0.6) is 0 Å². The molecule has 1 N–H and O–H groups in total. The van der Waals surface area contributed by atoms with Gasteiger partial charge in [0.25, 0.3) is 0 Å². The van der Waals surface area contributed by atoms with Gasteiger partial charge in [0.1, 0.15) is 17.7 Å². The Morgan fingerprint density at radius 1 is 1.32 bits per heavy atom. The first-order chi connectivity index (χ1) is 10.4. The normalized spacial score (nSPS) is 12.3. The van der Waals surface area contributed by atoms with Crippen molar-refractivity contribution in [1.29, 1.82) is 0 Å². The number of halogens is 2. The van der Waals surface area contributed by atoms with Crippen LogP contribution >= 0.6 is 11.6 Å². The highest BCUT2D eigenvalue weighted by Crippen LogP contribution is 2.30. The Bertz CT molecular complexity index is 671. The topological polar surface area (TPSA) is 45.2 Å². The maximum Gasteiger partial charge on any atom is 0.247 e. The molecule has 22 heavy (non-hydrogen) atoms. The van der Waals surface area contributed by atoms with Crippen LogP contribution in [0.3, 0.4) is 0 Å². The number of hydrogen-bond donors (Lipinski definition) is 1. The van der Waals surface area contributed by atoms with Crippen molar-refractivity contribution in [3.63, 3.8) is 0 Å². The van der Waals surface area contributed by atoms with Crippen LogP contribution < -0.4 is 5.32 Å². The zero-order valence-corrected chi connectivity index (χ0v) is 13.4. The van der Waals surface area contributed by atoms with Crippen LogP contribution in [-0.2, 0) is 4.79 Å². The molecule has 6 heteroatoms. The summed E-state index contributed by atoms with van der Waals surface area (Å²) in [5.74, 6) is -0.454. The van der Waals surface area contributed by atoms with Crippen LogP contribution in [0.4, 0.5) is 10.2 Å². The monoisotopic (exact) mass is 321 g/mol. The van der Waals surface area contributed by atoms with Crippen molar-refractivity contribution in [3.05, 3.63) is 58.5 Å². The summed E-state index contributed by atoms with van der Waals surface area (Å²) in [6.07, 6.45) is 1.59. The third-order valence-corrected chi connectivity index (χ3v) is 3.62. The fourth-order valence-electron chi connectivity index (χ4n) is 2.20. The van der Waals surface area contributed by atoms with Crippen molar-refractivity contribution in [1.82, 2.24) is 9.88 Å². The number of pyridine rings is 1. The minimum atomic E-state index is -0.852. The molecule has 0 fully saturated rings. The number of nitrogens with zero attached hydrogens (tertiary/aromatic N) is 2. The molecule has 0 aliphatic carbocycles. The van der Waals surface area contributed by atoms with Gasteiger partial charge in [-0.3, -0.25) is 9.69 Å². The van der Waals surface area contributed by atoms with Gasteiger partial charge >= 0.3 is 0 Å². The lowest BCUT2D eigenvalue weighted by Gasteiger charge is -2.25. The molecule has 1 aromatic carbocycles. The summed E-state index contributed by atoms with van der Waals surface area (Å²) >= 11 is 6.08. The zero-order valence-electron chi connectivity index (χ0n) is 12.6. The molecular formula is C16H17ClFN3O. The van der Waals surface area contributed by atoms with Gasteiger partial charge in [-0.1, -0.05) is 23.7 Å². The average Bonchev–Trinajstić information content (AvgIpc) is 2.45. The number of aryl methyl sites for hydroxylation is 1. The first-order valence-electron chi connectivity index (χ1n) is 6.74. The Morgan fingerprint density at radius 3 is 2.64 bits per heavy atom. The lowest BCUT2D eigenvalue weighted by atomic mass is 10.0. The first-order valence-corrected chi connectivity index (χ1v) is 7.12. The smallest absolute Gasteiger partial charge is 0.247 e. The number of nitrogens with one attached hydrogen (secondary N) is 1. The van der Waals surface area contributed by atoms with Crippen LogP contribution in [0.2, 0.25) is 5.02 Å². The maximum atomic E-state index is 14.1. The second-order valence-electron chi connectivity index (χ2n) is 5.16. The van der Waals surface area contributed by atoms with Crippen LogP contribution in [-0.4, -0.2) is 29.9 Å². The average molecular weight is 322 g/mol. The van der Waals surface area contributed by atoms with Gasteiger partial charge < -0.3 is 5.32 Å². The maximum absolute atomic E-state index is 14.1. The molecule has 116 valence electrons. The zero-order chi connectivity index (χ0) is 16.3. The highest BCUT2D eigenvalue weighted by atomic mass is 35.5. The lowest BCUT2D eigenvalue weighted by Crippen LogP contribution is -2.33. The van der Waals surface area contributed by atoms with Gasteiger partial charge in [-0.2, -0.15) is 0 Å². The van der Waals surface area contributed by atoms with Crippen LogP contribution in [0.25, 0.3) is 0 Å². The third-order valence-electron chi connectivity index (χ3n) is 3.29. The predicted molar refractivity (Wildman–Crippen MR) is 85.4 cm³/mol. The molecule has 0 radical (unpaired) electrons. The molecule has 0 saturated heterocycles. The number of hydrogen-bond acceptors (Lipinski definition) is 3. The molecule has 1 amide bonds. The molecule has 0 bridgehead atoms. The molecule has 1 heterocycles. The third kappa shape index (κ3) is 3.43. The van der Waals surface area contributed by atoms with E-state index in [2.05, 4.69) is 10.3 Å². The minimum absolute atomic E-state index is 0.153. The largest absolute Gasteiger partial charge is 0.309 e. The van der Waals surface area contributed by atoms with E-state index in [1.807, 2.05) is 13.0 Å². The van der Waals surface area contributed by atoms with Crippen molar-refractivity contribution >= 4 is 23.3 Å². The van der Waals surface area contributed by atoms with Crippen molar-refractivity contribution in [2.75, 3.05) is 19.4 Å². The Hall–Kier alpha value is -1.98. The molecule has 1 aromatic heterocycles. The number of carbonyl (C=O) groups excluding carboxylic acids is 1. The second kappa shape index (κ2) is 6.85. The second-order valence-corrected chi connectivity index (χ2v) is 5.57. The number of anilines is 1. The molecule has 0 spiro atoms. The summed E-state index contributed by atoms with van der Waals surface area (Å²) < 4.78 is 14.1. The van der Waals surface area contributed by atoms with Crippen molar-refractivity contribution in [2.45, 2.75) is 13.0 Å². The molecule has 4 nitrogen and oxygen atoms in total. The molecule has 0 unspecified atom stereocenters. The number of aromatic nitrogens is 1. The summed E-state index contributed by atoms with van der Waals surface area (Å²) in [4.78, 5) is 18.3. The van der Waals surface area contributed by atoms with E-state index in [0.717, 1.165) is 5.56 Å². The highest BCUT2D eigenvalue weighted by Gasteiger charge is 2.28. The fourth-order valence-corrected chi connectivity index (χ4v) is 2.46. The molecule has 0 aliphatic rings. The van der Waals surface area contributed by atoms with Crippen LogP contribution in [0.1, 0.15) is 17.2 Å². The van der Waals surface area contributed by atoms with E-state index in [0.29, 0.717) is 5.82 Å². The molecule has 1 atom stereocenters. The van der Waals surface area contributed by atoms with Crippen LogP contribution in [0, 0.1) is 12.7 Å². The standard InChI is InChI=1S/C16H17ClFN3O/c1-10-6-5-9-19-15(10)20-16(22)14(21(2)3)13-11(17)7-4-8-12(13)18/h4-9,14H,1-3H3,(H,19,20,22)/t14-/m0/s1. The van der Waals surface area contributed by atoms with Gasteiger partial charge in [-0.05, 0) is 44.8 Å². The van der Waals surface area contributed by atoms with E-state index >= 15 is 0 Å². The van der Waals surface area contributed by atoms with Gasteiger partial charge in [-0.15, -0.1) is 0 Å². The Morgan fingerprint density at radius 2 is 2.05 bits per heavy atom. The molecule has 0 aliphatic heterocycles. The van der Waals surface area contributed by atoms with Gasteiger partial charge in [-0.25, -0.2) is 9.37 Å². The fraction of sp³-hybridized carbons (Fsp3) is 0.250. The van der Waals surface area contributed by atoms with E-state index in [4.69, 9.17) is 11.6 Å². The van der Waals surface area contributed by atoms with Gasteiger partial charge in [0, 0.05) is 16.8 Å². The summed E-state index contributed by atoms with van der Waals surface area (Å²) in [5, 5.41) is 2.94. The van der Waals surface area contributed by atoms with Gasteiger partial charge in [0.2, 0.25) is 5.91 Å². The van der Waals surface area contributed by atoms with Crippen LogP contribution in [0.15, 0.2) is 36.5 Å². The SMILES string of the molecule is Cc1cccnc1NC(=O)[C@H](c1c(F)cccc1Cl)N(C)C. The first kappa shape index (κ1) is 16.4. The van der Waals surface area contributed by atoms with Gasteiger partial charge in [0.05, 0.1) is 0 Å². The predicted octanol–water partition coefficient (Wildman–Crippen LogP) is 3.42. The van der Waals surface area contributed by atoms with Gasteiger partial charge in [0.15, 0.2) is 0 Å². The minimum Gasteiger partial charge on any atom is -0.309 e. The number of carbonyl (C=O) groups is 1. The Kier molecular flexibility index (Phi) is 5.11. The molecule has 2 aromatic rings. The Balaban J connectivity index is 2.37. The summed E-state index contributed by atoms with van der Waals surface area (Å²) in [7, 11) is 3.39. The molecular weight excluding hydrogens is 305 g/mol. The molecule has 2 rings (SSSR count). The van der Waals surface area contributed by atoms with E-state index in [1.54, 1.807) is 37.3 Å². The van der Waals surface area contributed by atoms with Crippen molar-refractivity contribution in [2.24, 2.45) is 0 Å². The number of benzene rings is 1. The summed E-state index contributed by atoms with van der Waals surface area (Å²) in [6, 6.07) is 7.13. The lowest BCUT2D eigenvalue weighted by molar-refractivity contribution is -0.120. The quantitative estimate of drug-likeness (QED) is 0.938. The highest BCUT2D eigenvalue weighted by molar-refractivity contribution is 6.31. The van der Waals surface area contributed by atoms with E-state index < -0.39 is 17.8 Å². The Labute approximate surface area is 133 Å². The number of likely N-dealkylation sites (N-methyl/N-ethyl adjacent to an activating group) is 1. The van der Waals surface area contributed by atoms with Crippen molar-refractivity contribution < 1.29 is 9.18 Å². The summed E-state index contributed by atoms with van der Waals surface area (Å²) in [5.41, 5.74) is 0.980. The number of amides is 1. The van der Waals surface area contributed by atoms with E-state index in [9.17, 15) is 9.18 Å². The summed E-state index contributed by atoms with van der Waals surface area (Å²) in [6.45, 7) is 1.84. The van der Waals surface area contributed by atoms with Crippen molar-refractivity contribution in [3.8, 4) is 0 Å². The van der Waals surface area contributed by atoms with E-state index in [1.165, 1.54) is 12.1 Å².